The fraction of sp³-hybridized carbons (Fsp3) is 0.750. The molecule has 0 bridgehead atoms. The molecule has 0 unspecified atom stereocenters. The van der Waals surface area contributed by atoms with E-state index in [2.05, 4.69) is 0 Å². The summed E-state index contributed by atoms with van der Waals surface area (Å²) in [7, 11) is 0. The van der Waals surface area contributed by atoms with Gasteiger partial charge in [0, 0.05) is 11.9 Å². The van der Waals surface area contributed by atoms with E-state index in [0.29, 0.717) is 12.8 Å². The van der Waals surface area contributed by atoms with E-state index in [1.807, 2.05) is 0 Å². The van der Waals surface area contributed by atoms with Crippen LogP contribution in [0.25, 0.3) is 0 Å². The summed E-state index contributed by atoms with van der Waals surface area (Å²) >= 11 is 0. The average Bonchev–Trinajstić information content (AvgIpc) is 1.87. The van der Waals surface area contributed by atoms with Gasteiger partial charge in [-0.3, -0.25) is 0 Å². The zero-order chi connectivity index (χ0) is 9.98. The summed E-state index contributed by atoms with van der Waals surface area (Å²) in [5.74, 6) is -1.92. The van der Waals surface area contributed by atoms with Crippen molar-refractivity contribution in [3.05, 3.63) is 0 Å². The maximum Gasteiger partial charge on any atom is 4.00 e. The van der Waals surface area contributed by atoms with Crippen LogP contribution in [0.2, 0.25) is 0 Å². The van der Waals surface area contributed by atoms with Crippen LogP contribution in [-0.2, 0) is 35.8 Å². The molecule has 0 atom stereocenters. The van der Waals surface area contributed by atoms with Gasteiger partial charge in [-0.05, 0) is 12.8 Å². The second-order valence-corrected chi connectivity index (χ2v) is 2.24. The van der Waals surface area contributed by atoms with Crippen molar-refractivity contribution in [3.8, 4) is 0 Å². The van der Waals surface area contributed by atoms with Gasteiger partial charge in [-0.1, -0.05) is 26.7 Å². The summed E-state index contributed by atoms with van der Waals surface area (Å²) in [6.07, 6.45) is 1.70. The Kier molecular flexibility index (Phi) is 46.0. The van der Waals surface area contributed by atoms with Crippen molar-refractivity contribution in [2.45, 2.75) is 39.5 Å². The number of carbonyl (C=O) groups is 2. The van der Waals surface area contributed by atoms with Gasteiger partial charge in [0.15, 0.2) is 0 Å². The van der Waals surface area contributed by atoms with Crippen molar-refractivity contribution in [1.82, 2.24) is 0 Å². The molecule has 0 aliphatic rings. The number of carboxylic acids is 2. The van der Waals surface area contributed by atoms with Crippen LogP contribution in [0.5, 0.6) is 0 Å². The molecule has 0 aliphatic carbocycles. The summed E-state index contributed by atoms with van der Waals surface area (Å²) in [6.45, 7) is 3.60. The molecular weight excluding hydrogens is 283 g/mol. The Morgan fingerprint density at radius 1 is 0.867 bits per heavy atom. The first kappa shape index (κ1) is 29.3. The van der Waals surface area contributed by atoms with Gasteiger partial charge in [-0.25, -0.2) is 0 Å². The van der Waals surface area contributed by atoms with Gasteiger partial charge in [0.05, 0.1) is 0 Å². The van der Waals surface area contributed by atoms with Gasteiger partial charge in [0.1, 0.15) is 0 Å². The first-order valence-electron chi connectivity index (χ1n) is 3.94. The van der Waals surface area contributed by atoms with Crippen LogP contribution in [-0.4, -0.2) is 22.9 Å². The summed E-state index contributed by atoms with van der Waals surface area (Å²) in [5.41, 5.74) is 0. The van der Waals surface area contributed by atoms with E-state index < -0.39 is 11.9 Å². The van der Waals surface area contributed by atoms with Crippen LogP contribution in [0.4, 0.5) is 0 Å². The van der Waals surface area contributed by atoms with E-state index in [0.717, 1.165) is 0 Å². The molecule has 0 aromatic rings. The van der Waals surface area contributed by atoms with Crippen molar-refractivity contribution < 1.29 is 57.0 Å². The summed E-state index contributed by atoms with van der Waals surface area (Å²) in [6, 6.07) is 0. The van der Waals surface area contributed by atoms with Gasteiger partial charge < -0.3 is 30.8 Å². The Hall–Kier alpha value is -0.257. The molecule has 0 fully saturated rings. The Bertz CT molecular complexity index is 123. The zero-order valence-electron chi connectivity index (χ0n) is 8.86. The smallest absolute Gasteiger partial charge is 0.870 e. The van der Waals surface area contributed by atoms with Crippen molar-refractivity contribution in [3.63, 3.8) is 0 Å². The second-order valence-electron chi connectivity index (χ2n) is 2.24. The summed E-state index contributed by atoms with van der Waals surface area (Å²) < 4.78 is 0. The largest absolute Gasteiger partial charge is 4.00 e. The quantitative estimate of drug-likeness (QED) is 0.633. The van der Waals surface area contributed by atoms with Crippen LogP contribution in [0.15, 0.2) is 0 Å². The molecule has 88 valence electrons. The third kappa shape index (κ3) is 57.5. The predicted octanol–water partition coefficient (Wildman–Crippen LogP) is -1.28. The van der Waals surface area contributed by atoms with Gasteiger partial charge >= 0.3 is 26.2 Å². The minimum atomic E-state index is -0.961. The van der Waals surface area contributed by atoms with E-state index in [4.69, 9.17) is 0 Å². The molecule has 0 aliphatic heterocycles. The number of carboxylic acid groups (broad SMARTS) is 2. The molecule has 15 heavy (non-hydrogen) atoms. The Morgan fingerprint density at radius 3 is 1.07 bits per heavy atom. The molecule has 0 spiro atoms. The summed E-state index contributed by atoms with van der Waals surface area (Å²) in [4.78, 5) is 19.0. The first-order valence-corrected chi connectivity index (χ1v) is 3.94. The van der Waals surface area contributed by atoms with E-state index in [1.165, 1.54) is 0 Å². The van der Waals surface area contributed by atoms with E-state index in [9.17, 15) is 19.8 Å². The van der Waals surface area contributed by atoms with Crippen LogP contribution in [0.3, 0.4) is 0 Å². The van der Waals surface area contributed by atoms with Gasteiger partial charge in [0.25, 0.3) is 0 Å². The molecule has 0 rings (SSSR count). The van der Waals surface area contributed by atoms with Crippen LogP contribution >= 0.6 is 0 Å². The minimum absolute atomic E-state index is 0. The van der Waals surface area contributed by atoms with Gasteiger partial charge in [-0.2, -0.15) is 0 Å². The van der Waals surface area contributed by atoms with E-state index >= 15 is 0 Å². The third-order valence-corrected chi connectivity index (χ3v) is 0.908. The number of carbonyl (C=O) groups excluding carboxylic acids is 2. The monoisotopic (exact) mass is 298 g/mol. The molecule has 0 aromatic carbocycles. The average molecular weight is 299 g/mol. The molecular formula is C8H16O6Zr. The van der Waals surface area contributed by atoms with Crippen molar-refractivity contribution in [2.24, 2.45) is 0 Å². The van der Waals surface area contributed by atoms with Gasteiger partial charge in [-0.15, -0.1) is 0 Å². The molecule has 7 heteroatoms. The van der Waals surface area contributed by atoms with E-state index in [1.54, 1.807) is 13.8 Å². The maximum atomic E-state index is 9.49. The van der Waals surface area contributed by atoms with Crippen LogP contribution in [0, 0.1) is 0 Å². The fourth-order valence-corrected chi connectivity index (χ4v) is 0.408. The molecule has 6 nitrogen and oxygen atoms in total. The molecule has 0 aromatic heterocycles. The standard InChI is InChI=1S/2C4H8O2.2H2O.Zr/c2*1-2-3-4(5)6;;;/h2*2-3H2,1H3,(H,5,6);2*1H2;/q;;;;+4/p-4. The molecule has 2 N–H and O–H groups in total. The number of hydrogen-bond donors (Lipinski definition) is 0. The zero-order valence-corrected chi connectivity index (χ0v) is 11.3. The molecule has 0 radical (unpaired) electrons. The van der Waals surface area contributed by atoms with Crippen molar-refractivity contribution in [1.29, 1.82) is 0 Å². The number of aliphatic carboxylic acids is 2. The summed E-state index contributed by atoms with van der Waals surface area (Å²) in [5, 5.41) is 19.0. The third-order valence-electron chi connectivity index (χ3n) is 0.908. The number of rotatable bonds is 4. The van der Waals surface area contributed by atoms with E-state index in [-0.39, 0.29) is 50.0 Å². The molecule has 0 amide bonds. The minimum Gasteiger partial charge on any atom is -0.870 e. The predicted molar refractivity (Wildman–Crippen MR) is 43.7 cm³/mol. The van der Waals surface area contributed by atoms with Gasteiger partial charge in [0.2, 0.25) is 0 Å². The first-order chi connectivity index (χ1) is 5.54. The Morgan fingerprint density at radius 2 is 1.07 bits per heavy atom. The van der Waals surface area contributed by atoms with Crippen LogP contribution < -0.4 is 10.2 Å². The Balaban J connectivity index is -0.0000000370. The number of hydrogen-bond acceptors (Lipinski definition) is 6. The fourth-order valence-electron chi connectivity index (χ4n) is 0.408. The molecule has 0 saturated heterocycles. The molecule has 0 heterocycles. The molecule has 0 saturated carbocycles. The maximum absolute atomic E-state index is 9.49. The van der Waals surface area contributed by atoms with Crippen LogP contribution in [0.1, 0.15) is 39.5 Å². The second kappa shape index (κ2) is 23.5. The topological polar surface area (TPSA) is 140 Å². The van der Waals surface area contributed by atoms with Crippen molar-refractivity contribution in [2.75, 3.05) is 0 Å². The SMILES string of the molecule is CCCC(=O)[O-].CCCC(=O)[O-].[OH-].[OH-].[Zr+4]. The normalized spacial score (nSPS) is 6.53. The van der Waals surface area contributed by atoms with Crippen molar-refractivity contribution >= 4 is 11.9 Å². The Labute approximate surface area is 108 Å².